The van der Waals surface area contributed by atoms with Gasteiger partial charge in [-0.2, -0.15) is 0 Å². The number of aromatic hydroxyl groups is 2. The molecule has 5 aromatic rings. The zero-order chi connectivity index (χ0) is 25.7. The Morgan fingerprint density at radius 3 is 1.61 bits per heavy atom. The summed E-state index contributed by atoms with van der Waals surface area (Å²) in [5, 5.41) is 46.1. The Bertz CT molecular complexity index is 1560. The molecule has 4 N–H and O–H groups in total. The number of phenolic OH excluding ortho intramolecular Hbond substituents is 2. The summed E-state index contributed by atoms with van der Waals surface area (Å²) in [6, 6.07) is 28.6. The summed E-state index contributed by atoms with van der Waals surface area (Å²) >= 11 is 0. The maximum atomic E-state index is 11.3. The van der Waals surface area contributed by atoms with Crippen LogP contribution >= 0.6 is 0 Å². The standard InChI is InChI=1S/C32H30O4/c1-31(2,35)32(3,36)19-22-7-6-10-27-25-8-4-5-9-26(25)28(20-11-15-23(33)16-12-20)30(29(22)27)21-13-17-24(34)18-14-21/h4-18,33-36H,19H2,1-3H3. The Hall–Kier alpha value is -3.86. The van der Waals surface area contributed by atoms with Crippen molar-refractivity contribution in [2.75, 3.05) is 0 Å². The van der Waals surface area contributed by atoms with Gasteiger partial charge in [0.1, 0.15) is 11.5 Å². The molecule has 0 saturated carbocycles. The van der Waals surface area contributed by atoms with E-state index in [1.54, 1.807) is 45.0 Å². The Kier molecular flexibility index (Phi) is 5.74. The van der Waals surface area contributed by atoms with E-state index in [0.29, 0.717) is 0 Å². The minimum Gasteiger partial charge on any atom is -0.508 e. The van der Waals surface area contributed by atoms with Crippen molar-refractivity contribution in [2.45, 2.75) is 38.4 Å². The van der Waals surface area contributed by atoms with Gasteiger partial charge in [0, 0.05) is 6.42 Å². The molecule has 0 bridgehead atoms. The molecule has 4 nitrogen and oxygen atoms in total. The summed E-state index contributed by atoms with van der Waals surface area (Å²) in [5.41, 5.74) is 2.05. The van der Waals surface area contributed by atoms with Crippen molar-refractivity contribution in [3.8, 4) is 33.8 Å². The molecule has 0 radical (unpaired) electrons. The lowest BCUT2D eigenvalue weighted by Gasteiger charge is -2.36. The second kappa shape index (κ2) is 8.66. The smallest absolute Gasteiger partial charge is 0.115 e. The minimum atomic E-state index is -1.38. The number of hydrogen-bond donors (Lipinski definition) is 4. The minimum absolute atomic E-state index is 0.181. The average Bonchev–Trinajstić information content (AvgIpc) is 2.84. The van der Waals surface area contributed by atoms with E-state index < -0.39 is 11.2 Å². The number of benzene rings is 5. The average molecular weight is 479 g/mol. The summed E-state index contributed by atoms with van der Waals surface area (Å²) in [5.74, 6) is 0.372. The van der Waals surface area contributed by atoms with Gasteiger partial charge in [-0.25, -0.2) is 0 Å². The molecule has 0 spiro atoms. The molecule has 0 aromatic heterocycles. The largest absolute Gasteiger partial charge is 0.508 e. The molecule has 0 heterocycles. The molecule has 5 aromatic carbocycles. The van der Waals surface area contributed by atoms with Crippen molar-refractivity contribution in [1.82, 2.24) is 0 Å². The molecule has 0 aliphatic heterocycles. The van der Waals surface area contributed by atoms with Crippen molar-refractivity contribution in [3.63, 3.8) is 0 Å². The molecule has 182 valence electrons. The van der Waals surface area contributed by atoms with Crippen molar-refractivity contribution in [1.29, 1.82) is 0 Å². The van der Waals surface area contributed by atoms with Crippen LogP contribution in [0.5, 0.6) is 11.5 Å². The number of phenols is 2. The predicted molar refractivity (Wildman–Crippen MR) is 146 cm³/mol. The van der Waals surface area contributed by atoms with E-state index in [1.807, 2.05) is 48.5 Å². The number of aliphatic hydroxyl groups is 2. The van der Waals surface area contributed by atoms with Gasteiger partial charge in [0.2, 0.25) is 0 Å². The molecular weight excluding hydrogens is 448 g/mol. The summed E-state index contributed by atoms with van der Waals surface area (Å²) in [4.78, 5) is 0. The van der Waals surface area contributed by atoms with Gasteiger partial charge in [0.05, 0.1) is 11.2 Å². The highest BCUT2D eigenvalue weighted by Crippen LogP contribution is 2.46. The first kappa shape index (κ1) is 23.9. The van der Waals surface area contributed by atoms with Crippen molar-refractivity contribution >= 4 is 21.5 Å². The van der Waals surface area contributed by atoms with Crippen LogP contribution < -0.4 is 0 Å². The van der Waals surface area contributed by atoms with Gasteiger partial charge < -0.3 is 20.4 Å². The first-order valence-corrected chi connectivity index (χ1v) is 12.1. The molecule has 0 aliphatic carbocycles. The third kappa shape index (κ3) is 4.09. The molecule has 1 atom stereocenters. The quantitative estimate of drug-likeness (QED) is 0.209. The van der Waals surface area contributed by atoms with Gasteiger partial charge in [0.15, 0.2) is 0 Å². The van der Waals surface area contributed by atoms with Crippen molar-refractivity contribution in [2.24, 2.45) is 0 Å². The fourth-order valence-electron chi connectivity index (χ4n) is 4.89. The van der Waals surface area contributed by atoms with Gasteiger partial charge >= 0.3 is 0 Å². The van der Waals surface area contributed by atoms with E-state index in [2.05, 4.69) is 18.2 Å². The van der Waals surface area contributed by atoms with Crippen LogP contribution in [0.2, 0.25) is 0 Å². The summed E-state index contributed by atoms with van der Waals surface area (Å²) in [7, 11) is 0. The zero-order valence-corrected chi connectivity index (χ0v) is 20.7. The fourth-order valence-corrected chi connectivity index (χ4v) is 4.89. The highest BCUT2D eigenvalue weighted by Gasteiger charge is 2.38. The van der Waals surface area contributed by atoms with Crippen LogP contribution in [0, 0.1) is 0 Å². The Labute approximate surface area is 210 Å². The third-order valence-corrected chi connectivity index (χ3v) is 7.30. The molecule has 36 heavy (non-hydrogen) atoms. The number of rotatable bonds is 5. The lowest BCUT2D eigenvalue weighted by molar-refractivity contribution is -0.118. The molecule has 0 amide bonds. The summed E-state index contributed by atoms with van der Waals surface area (Å²) < 4.78 is 0. The number of fused-ring (bicyclic) bond motifs is 3. The Morgan fingerprint density at radius 1 is 0.556 bits per heavy atom. The van der Waals surface area contributed by atoms with E-state index in [1.165, 1.54) is 0 Å². The fraction of sp³-hybridized carbons (Fsp3) is 0.188. The van der Waals surface area contributed by atoms with E-state index >= 15 is 0 Å². The van der Waals surface area contributed by atoms with Crippen molar-refractivity contribution < 1.29 is 20.4 Å². The van der Waals surface area contributed by atoms with E-state index in [-0.39, 0.29) is 17.9 Å². The van der Waals surface area contributed by atoms with Crippen LogP contribution in [0.4, 0.5) is 0 Å². The highest BCUT2D eigenvalue weighted by molar-refractivity contribution is 6.22. The van der Waals surface area contributed by atoms with Crippen LogP contribution in [0.25, 0.3) is 43.8 Å². The second-order valence-electron chi connectivity index (χ2n) is 10.2. The molecular formula is C32H30O4. The van der Waals surface area contributed by atoms with Gasteiger partial charge in [-0.05, 0) is 94.4 Å². The van der Waals surface area contributed by atoms with E-state index in [0.717, 1.165) is 49.4 Å². The Balaban J connectivity index is 1.97. The van der Waals surface area contributed by atoms with Gasteiger partial charge in [-0.3, -0.25) is 0 Å². The molecule has 0 saturated heterocycles. The van der Waals surface area contributed by atoms with Crippen molar-refractivity contribution in [3.05, 3.63) is 96.6 Å². The first-order valence-electron chi connectivity index (χ1n) is 12.1. The third-order valence-electron chi connectivity index (χ3n) is 7.30. The lowest BCUT2D eigenvalue weighted by atomic mass is 9.78. The molecule has 5 rings (SSSR count). The van der Waals surface area contributed by atoms with Gasteiger partial charge in [-0.1, -0.05) is 66.7 Å². The van der Waals surface area contributed by atoms with E-state index in [4.69, 9.17) is 0 Å². The first-order chi connectivity index (χ1) is 17.1. The topological polar surface area (TPSA) is 80.9 Å². The lowest BCUT2D eigenvalue weighted by Crippen LogP contribution is -2.49. The summed E-state index contributed by atoms with van der Waals surface area (Å²) in [6.07, 6.45) is 0.242. The molecule has 0 aliphatic rings. The van der Waals surface area contributed by atoms with Gasteiger partial charge in [0.25, 0.3) is 0 Å². The van der Waals surface area contributed by atoms with Crippen LogP contribution in [-0.4, -0.2) is 31.6 Å². The van der Waals surface area contributed by atoms with Crippen LogP contribution in [-0.2, 0) is 6.42 Å². The maximum absolute atomic E-state index is 11.3. The van der Waals surface area contributed by atoms with Crippen LogP contribution in [0.1, 0.15) is 26.3 Å². The zero-order valence-electron chi connectivity index (χ0n) is 20.7. The normalized spacial score (nSPS) is 13.7. The SMILES string of the molecule is CC(C)(O)C(C)(O)Cc1cccc2c1c(-c1ccc(O)cc1)c(-c1ccc(O)cc1)c1ccccc12. The monoisotopic (exact) mass is 478 g/mol. The Morgan fingerprint density at radius 2 is 1.06 bits per heavy atom. The van der Waals surface area contributed by atoms with E-state index in [9.17, 15) is 20.4 Å². The van der Waals surface area contributed by atoms with Crippen LogP contribution in [0.15, 0.2) is 91.0 Å². The highest BCUT2D eigenvalue weighted by atomic mass is 16.4. The number of hydrogen-bond acceptors (Lipinski definition) is 4. The second-order valence-corrected chi connectivity index (χ2v) is 10.2. The molecule has 1 unspecified atom stereocenters. The summed E-state index contributed by atoms with van der Waals surface area (Å²) in [6.45, 7) is 4.90. The molecule has 4 heteroatoms. The molecule has 0 fully saturated rings. The van der Waals surface area contributed by atoms with Gasteiger partial charge in [-0.15, -0.1) is 0 Å². The predicted octanol–water partition coefficient (Wildman–Crippen LogP) is 6.80. The van der Waals surface area contributed by atoms with Crippen LogP contribution in [0.3, 0.4) is 0 Å². The maximum Gasteiger partial charge on any atom is 0.115 e.